The quantitative estimate of drug-likeness (QED) is 0.379. The van der Waals surface area contributed by atoms with E-state index in [0.717, 1.165) is 5.39 Å². The number of hydrogen-bond donors (Lipinski definition) is 0. The third-order valence-corrected chi connectivity index (χ3v) is 6.23. The average Bonchev–Trinajstić information content (AvgIpc) is 2.96. The van der Waals surface area contributed by atoms with Crippen LogP contribution in [0.4, 0.5) is 0 Å². The maximum Gasteiger partial charge on any atom is 0.311 e. The first-order valence-electron chi connectivity index (χ1n) is 9.45. The lowest BCUT2D eigenvalue weighted by Gasteiger charge is -2.41. The summed E-state index contributed by atoms with van der Waals surface area (Å²) in [5, 5.41) is 13.8. The van der Waals surface area contributed by atoms with Gasteiger partial charge in [0, 0.05) is 21.4 Å². The smallest absolute Gasteiger partial charge is 0.311 e. The molecule has 1 spiro atoms. The molecule has 0 saturated carbocycles. The molecule has 6 nitrogen and oxygen atoms in total. The predicted molar refractivity (Wildman–Crippen MR) is 105 cm³/mol. The molecule has 0 bridgehead atoms. The Morgan fingerprint density at radius 2 is 1.66 bits per heavy atom. The van der Waals surface area contributed by atoms with Crippen LogP contribution in [0.5, 0.6) is 0 Å². The van der Waals surface area contributed by atoms with Crippen molar-refractivity contribution in [1.82, 2.24) is 0 Å². The van der Waals surface area contributed by atoms with Crippen molar-refractivity contribution < 1.29 is 19.2 Å². The zero-order valence-electron chi connectivity index (χ0n) is 15.6. The molecule has 1 heterocycles. The average molecular weight is 387 g/mol. The molecule has 2 aliphatic rings. The summed E-state index contributed by atoms with van der Waals surface area (Å²) >= 11 is 0. The van der Waals surface area contributed by atoms with Gasteiger partial charge in [0.25, 0.3) is 11.6 Å². The molecule has 0 radical (unpaired) electrons. The van der Waals surface area contributed by atoms with Gasteiger partial charge >= 0.3 is 5.97 Å². The number of Topliss-reactive ketones (excluding diaryl/α,β-unsaturated/α-hetero) is 1. The van der Waals surface area contributed by atoms with Gasteiger partial charge < -0.3 is 4.74 Å². The maximum atomic E-state index is 13.6. The second-order valence-electron chi connectivity index (χ2n) is 7.65. The van der Waals surface area contributed by atoms with Gasteiger partial charge in [0.15, 0.2) is 0 Å². The zero-order valence-corrected chi connectivity index (χ0v) is 15.6. The highest BCUT2D eigenvalue weighted by Gasteiger charge is 2.68. The summed E-state index contributed by atoms with van der Waals surface area (Å²) in [6, 6.07) is 17.9. The number of fused-ring (bicyclic) bond motifs is 1. The Morgan fingerprint density at radius 3 is 2.34 bits per heavy atom. The van der Waals surface area contributed by atoms with E-state index in [-0.39, 0.29) is 0 Å². The number of nitro groups is 1. The van der Waals surface area contributed by atoms with Crippen LogP contribution >= 0.6 is 0 Å². The molecule has 1 fully saturated rings. The van der Waals surface area contributed by atoms with Gasteiger partial charge in [-0.1, -0.05) is 73.7 Å². The minimum absolute atomic E-state index is 0.360. The number of carbonyl (C=O) groups excluding carboxylic acids is 2. The van der Waals surface area contributed by atoms with Crippen molar-refractivity contribution in [3.8, 4) is 0 Å². The van der Waals surface area contributed by atoms with Crippen molar-refractivity contribution in [3.63, 3.8) is 0 Å². The molecular formula is C23H17NO5. The van der Waals surface area contributed by atoms with Gasteiger partial charge in [0.05, 0.1) is 11.8 Å². The first-order chi connectivity index (χ1) is 14.0. The number of benzene rings is 3. The topological polar surface area (TPSA) is 86.5 Å². The molecule has 1 saturated heterocycles. The lowest BCUT2D eigenvalue weighted by Crippen LogP contribution is -2.60. The monoisotopic (exact) mass is 387 g/mol. The van der Waals surface area contributed by atoms with Gasteiger partial charge in [-0.05, 0) is 10.9 Å². The third kappa shape index (κ3) is 2.17. The van der Waals surface area contributed by atoms with E-state index in [9.17, 15) is 19.7 Å². The molecule has 1 aliphatic heterocycles. The van der Waals surface area contributed by atoms with Crippen LogP contribution < -0.4 is 0 Å². The Bertz CT molecular complexity index is 1180. The van der Waals surface area contributed by atoms with E-state index >= 15 is 0 Å². The minimum Gasteiger partial charge on any atom is -0.438 e. The summed E-state index contributed by atoms with van der Waals surface area (Å²) in [7, 11) is 0. The molecule has 4 atom stereocenters. The number of hydrogen-bond acceptors (Lipinski definition) is 5. The summed E-state index contributed by atoms with van der Waals surface area (Å²) in [4.78, 5) is 38.5. The molecule has 144 valence electrons. The molecule has 29 heavy (non-hydrogen) atoms. The summed E-state index contributed by atoms with van der Waals surface area (Å²) in [6.07, 6.45) is 0. The molecule has 5 rings (SSSR count). The Labute approximate surface area is 166 Å². The maximum absolute atomic E-state index is 13.6. The fourth-order valence-electron chi connectivity index (χ4n) is 4.97. The minimum atomic E-state index is -1.96. The lowest BCUT2D eigenvalue weighted by molar-refractivity contribution is -0.551. The highest BCUT2D eigenvalue weighted by atomic mass is 16.6. The number of ether oxygens (including phenoxy) is 1. The van der Waals surface area contributed by atoms with E-state index in [0.29, 0.717) is 22.1 Å². The third-order valence-electron chi connectivity index (χ3n) is 6.23. The Kier molecular flexibility index (Phi) is 3.62. The molecule has 1 aliphatic carbocycles. The fourth-order valence-corrected chi connectivity index (χ4v) is 4.97. The van der Waals surface area contributed by atoms with Crippen molar-refractivity contribution in [2.45, 2.75) is 24.5 Å². The van der Waals surface area contributed by atoms with E-state index in [1.54, 1.807) is 55.5 Å². The van der Waals surface area contributed by atoms with Crippen LogP contribution in [0.2, 0.25) is 0 Å². The SMILES string of the molecule is C[C@H]1C(=O)O[C@@]2(C(=O)c3cccc4cccc2c34)[C@@H]([N+](=O)[O-])[C@@H]1c1ccccc1. The van der Waals surface area contributed by atoms with Crippen LogP contribution in [-0.4, -0.2) is 22.7 Å². The largest absolute Gasteiger partial charge is 0.438 e. The van der Waals surface area contributed by atoms with Gasteiger partial charge in [-0.25, -0.2) is 0 Å². The number of rotatable bonds is 2. The van der Waals surface area contributed by atoms with Crippen LogP contribution in [-0.2, 0) is 15.1 Å². The molecule has 0 aromatic heterocycles. The van der Waals surface area contributed by atoms with E-state index in [1.807, 2.05) is 18.2 Å². The Morgan fingerprint density at radius 1 is 0.966 bits per heavy atom. The lowest BCUT2D eigenvalue weighted by atomic mass is 9.69. The normalized spacial score (nSPS) is 28.0. The van der Waals surface area contributed by atoms with Crippen LogP contribution in [0, 0.1) is 16.0 Å². The van der Waals surface area contributed by atoms with Crippen molar-refractivity contribution >= 4 is 22.5 Å². The van der Waals surface area contributed by atoms with Gasteiger partial charge in [-0.3, -0.25) is 19.7 Å². The molecule has 0 amide bonds. The van der Waals surface area contributed by atoms with E-state index in [2.05, 4.69) is 0 Å². The van der Waals surface area contributed by atoms with Crippen LogP contribution in [0.25, 0.3) is 10.8 Å². The van der Waals surface area contributed by atoms with E-state index < -0.39 is 40.2 Å². The second-order valence-corrected chi connectivity index (χ2v) is 7.65. The molecule has 6 heteroatoms. The van der Waals surface area contributed by atoms with Crippen molar-refractivity contribution in [3.05, 3.63) is 93.5 Å². The Balaban J connectivity index is 1.83. The summed E-state index contributed by atoms with van der Waals surface area (Å²) in [6.45, 7) is 1.62. The van der Waals surface area contributed by atoms with Crippen LogP contribution in [0.15, 0.2) is 66.7 Å². The molecule has 3 aromatic rings. The van der Waals surface area contributed by atoms with Gasteiger partial charge in [-0.15, -0.1) is 0 Å². The number of esters is 1. The zero-order chi connectivity index (χ0) is 20.3. The summed E-state index contributed by atoms with van der Waals surface area (Å²) < 4.78 is 5.73. The fraction of sp³-hybridized carbons (Fsp3) is 0.217. The number of carbonyl (C=O) groups is 2. The van der Waals surface area contributed by atoms with Crippen molar-refractivity contribution in [2.75, 3.05) is 0 Å². The Hall–Kier alpha value is -3.54. The number of ketones is 1. The standard InChI is InChI=1S/C23H17NO5/c1-13-18(14-7-3-2-4-8-14)20(24(27)28)23(29-22(13)26)17-12-6-10-15-9-5-11-16(19(15)17)21(23)25/h2-13,18,20H,1H3/t13-,18+,20+,23-/m1/s1. The van der Waals surface area contributed by atoms with Gasteiger partial charge in [0.1, 0.15) is 0 Å². The first-order valence-corrected chi connectivity index (χ1v) is 9.45. The van der Waals surface area contributed by atoms with Gasteiger partial charge in [0.2, 0.25) is 5.78 Å². The summed E-state index contributed by atoms with van der Waals surface area (Å²) in [5.74, 6) is -2.67. The van der Waals surface area contributed by atoms with Crippen LogP contribution in [0.3, 0.4) is 0 Å². The van der Waals surface area contributed by atoms with Crippen molar-refractivity contribution in [2.24, 2.45) is 5.92 Å². The van der Waals surface area contributed by atoms with Crippen molar-refractivity contribution in [1.29, 1.82) is 0 Å². The number of nitrogens with zero attached hydrogens (tertiary/aromatic N) is 1. The van der Waals surface area contributed by atoms with E-state index in [1.165, 1.54) is 0 Å². The molecule has 0 unspecified atom stereocenters. The summed E-state index contributed by atoms with van der Waals surface area (Å²) in [5.41, 5.74) is -0.553. The molecule has 3 aromatic carbocycles. The molecule has 0 N–H and O–H groups in total. The van der Waals surface area contributed by atoms with E-state index in [4.69, 9.17) is 4.74 Å². The highest BCUT2D eigenvalue weighted by Crippen LogP contribution is 2.53. The van der Waals surface area contributed by atoms with Crippen LogP contribution in [0.1, 0.15) is 34.3 Å². The predicted octanol–water partition coefficient (Wildman–Crippen LogP) is 3.85. The second kappa shape index (κ2) is 5.98. The van der Waals surface area contributed by atoms with Gasteiger partial charge in [-0.2, -0.15) is 0 Å². The highest BCUT2D eigenvalue weighted by molar-refractivity contribution is 6.20. The first kappa shape index (κ1) is 17.6. The molecular weight excluding hydrogens is 370 g/mol.